The third-order valence-electron chi connectivity index (χ3n) is 3.64. The number of rotatable bonds is 4. The monoisotopic (exact) mass is 230 g/mol. The van der Waals surface area contributed by atoms with Crippen LogP contribution in [0, 0.1) is 0 Å². The summed E-state index contributed by atoms with van der Waals surface area (Å²) in [6.07, 6.45) is 4.73. The average Bonchev–Trinajstić information content (AvgIpc) is 2.74. The summed E-state index contributed by atoms with van der Waals surface area (Å²) in [4.78, 5) is 3.24. The molecule has 1 aromatic carbocycles. The van der Waals surface area contributed by atoms with Crippen molar-refractivity contribution in [3.8, 4) is 0 Å². The molecule has 0 unspecified atom stereocenters. The van der Waals surface area contributed by atoms with Gasteiger partial charge < -0.3 is 15.0 Å². The Balaban J connectivity index is 1.58. The van der Waals surface area contributed by atoms with E-state index in [1.807, 2.05) is 6.20 Å². The van der Waals surface area contributed by atoms with E-state index in [0.29, 0.717) is 12.1 Å². The Labute approximate surface area is 101 Å². The number of nitrogens with one attached hydrogen (secondary N) is 2. The zero-order valence-electron chi connectivity index (χ0n) is 10.1. The fourth-order valence-corrected chi connectivity index (χ4v) is 2.39. The average molecular weight is 230 g/mol. The summed E-state index contributed by atoms with van der Waals surface area (Å²) in [6, 6.07) is 9.30. The second kappa shape index (κ2) is 4.51. The molecular weight excluding hydrogens is 212 g/mol. The maximum absolute atomic E-state index is 5.27. The van der Waals surface area contributed by atoms with E-state index in [1.165, 1.54) is 16.5 Å². The van der Waals surface area contributed by atoms with Crippen molar-refractivity contribution in [1.82, 2.24) is 10.3 Å². The van der Waals surface area contributed by atoms with E-state index in [9.17, 15) is 0 Å². The summed E-state index contributed by atoms with van der Waals surface area (Å²) in [5, 5.41) is 4.84. The van der Waals surface area contributed by atoms with E-state index in [2.05, 4.69) is 34.6 Å². The molecule has 0 amide bonds. The standard InChI is InChI=1S/C14H18N2O/c1-17-13-7-12(8-13)16-9-10-2-3-11-4-5-15-14(11)6-10/h2-6,12-13,15-16H,7-9H2,1H3. The Morgan fingerprint density at radius 2 is 2.24 bits per heavy atom. The first kappa shape index (κ1) is 10.8. The molecule has 17 heavy (non-hydrogen) atoms. The summed E-state index contributed by atoms with van der Waals surface area (Å²) in [5.74, 6) is 0. The molecule has 1 fully saturated rings. The molecular formula is C14H18N2O. The number of fused-ring (bicyclic) bond motifs is 1. The van der Waals surface area contributed by atoms with Crippen LogP contribution in [0.15, 0.2) is 30.5 Å². The number of benzene rings is 1. The number of hydrogen-bond donors (Lipinski definition) is 2. The molecule has 0 spiro atoms. The van der Waals surface area contributed by atoms with Gasteiger partial charge in [-0.25, -0.2) is 0 Å². The van der Waals surface area contributed by atoms with Crippen LogP contribution in [-0.4, -0.2) is 24.2 Å². The minimum Gasteiger partial charge on any atom is -0.381 e. The van der Waals surface area contributed by atoms with Crippen LogP contribution in [0.25, 0.3) is 10.9 Å². The van der Waals surface area contributed by atoms with Crippen molar-refractivity contribution in [3.05, 3.63) is 36.0 Å². The summed E-state index contributed by atoms with van der Waals surface area (Å²) < 4.78 is 5.27. The molecule has 1 saturated carbocycles. The van der Waals surface area contributed by atoms with Gasteiger partial charge in [0.25, 0.3) is 0 Å². The van der Waals surface area contributed by atoms with Crippen LogP contribution in [-0.2, 0) is 11.3 Å². The predicted molar refractivity (Wildman–Crippen MR) is 69.0 cm³/mol. The molecule has 1 aromatic heterocycles. The van der Waals surface area contributed by atoms with Crippen LogP contribution >= 0.6 is 0 Å². The molecule has 2 N–H and O–H groups in total. The van der Waals surface area contributed by atoms with Crippen LogP contribution < -0.4 is 5.32 Å². The summed E-state index contributed by atoms with van der Waals surface area (Å²) in [7, 11) is 1.79. The number of H-pyrrole nitrogens is 1. The molecule has 0 atom stereocenters. The van der Waals surface area contributed by atoms with Gasteiger partial charge >= 0.3 is 0 Å². The third kappa shape index (κ3) is 2.21. The Morgan fingerprint density at radius 1 is 1.35 bits per heavy atom. The van der Waals surface area contributed by atoms with Crippen LogP contribution in [0.5, 0.6) is 0 Å². The van der Waals surface area contributed by atoms with Crippen molar-refractivity contribution in [1.29, 1.82) is 0 Å². The van der Waals surface area contributed by atoms with Crippen molar-refractivity contribution < 1.29 is 4.74 Å². The van der Waals surface area contributed by atoms with Crippen molar-refractivity contribution in [2.45, 2.75) is 31.5 Å². The fraction of sp³-hybridized carbons (Fsp3) is 0.429. The minimum absolute atomic E-state index is 0.471. The van der Waals surface area contributed by atoms with Gasteiger partial charge in [-0.3, -0.25) is 0 Å². The smallest absolute Gasteiger partial charge is 0.0601 e. The van der Waals surface area contributed by atoms with Crippen LogP contribution in [0.3, 0.4) is 0 Å². The molecule has 1 aliphatic carbocycles. The van der Waals surface area contributed by atoms with Crippen molar-refractivity contribution in [3.63, 3.8) is 0 Å². The van der Waals surface area contributed by atoms with E-state index >= 15 is 0 Å². The molecule has 3 rings (SSSR count). The van der Waals surface area contributed by atoms with Gasteiger partial charge in [0.05, 0.1) is 6.10 Å². The van der Waals surface area contributed by atoms with Gasteiger partial charge in [-0.1, -0.05) is 12.1 Å². The zero-order chi connectivity index (χ0) is 11.7. The molecule has 90 valence electrons. The Kier molecular flexibility index (Phi) is 2.87. The van der Waals surface area contributed by atoms with E-state index < -0.39 is 0 Å². The Hall–Kier alpha value is -1.32. The molecule has 3 nitrogen and oxygen atoms in total. The number of ether oxygens (including phenoxy) is 1. The lowest BCUT2D eigenvalue weighted by Crippen LogP contribution is -2.44. The number of hydrogen-bond acceptors (Lipinski definition) is 2. The van der Waals surface area contributed by atoms with Gasteiger partial charge in [0.1, 0.15) is 0 Å². The Bertz CT molecular complexity index is 500. The number of methoxy groups -OCH3 is 1. The molecule has 0 radical (unpaired) electrons. The molecule has 0 aliphatic heterocycles. The van der Waals surface area contributed by atoms with Gasteiger partial charge in [-0.05, 0) is 35.9 Å². The number of aromatic nitrogens is 1. The van der Waals surface area contributed by atoms with Gasteiger partial charge in [0, 0.05) is 31.4 Å². The second-order valence-electron chi connectivity index (χ2n) is 4.81. The van der Waals surface area contributed by atoms with Crippen LogP contribution in [0.4, 0.5) is 0 Å². The molecule has 1 aliphatic rings. The first-order valence-corrected chi connectivity index (χ1v) is 6.17. The van der Waals surface area contributed by atoms with E-state index in [1.54, 1.807) is 7.11 Å². The zero-order valence-corrected chi connectivity index (χ0v) is 10.1. The van der Waals surface area contributed by atoms with Crippen molar-refractivity contribution >= 4 is 10.9 Å². The van der Waals surface area contributed by atoms with Crippen molar-refractivity contribution in [2.24, 2.45) is 0 Å². The second-order valence-corrected chi connectivity index (χ2v) is 4.81. The first-order chi connectivity index (χ1) is 8.35. The lowest BCUT2D eigenvalue weighted by Gasteiger charge is -2.34. The fourth-order valence-electron chi connectivity index (χ4n) is 2.39. The predicted octanol–water partition coefficient (Wildman–Crippen LogP) is 2.43. The maximum atomic E-state index is 5.27. The highest BCUT2D eigenvalue weighted by Gasteiger charge is 2.28. The maximum Gasteiger partial charge on any atom is 0.0601 e. The normalized spacial score (nSPS) is 23.8. The van der Waals surface area contributed by atoms with Gasteiger partial charge in [0.2, 0.25) is 0 Å². The highest BCUT2D eigenvalue weighted by atomic mass is 16.5. The quantitative estimate of drug-likeness (QED) is 0.846. The van der Waals surface area contributed by atoms with Crippen LogP contribution in [0.2, 0.25) is 0 Å². The number of aromatic amines is 1. The molecule has 2 aromatic rings. The molecule has 0 bridgehead atoms. The van der Waals surface area contributed by atoms with E-state index in [4.69, 9.17) is 4.74 Å². The summed E-state index contributed by atoms with van der Waals surface area (Å²) >= 11 is 0. The lowest BCUT2D eigenvalue weighted by molar-refractivity contribution is 0.0170. The largest absolute Gasteiger partial charge is 0.381 e. The minimum atomic E-state index is 0.471. The lowest BCUT2D eigenvalue weighted by atomic mass is 9.89. The molecule has 1 heterocycles. The SMILES string of the molecule is COC1CC(NCc2ccc3cc[nH]c3c2)C1. The van der Waals surface area contributed by atoms with Gasteiger partial charge in [-0.2, -0.15) is 0 Å². The summed E-state index contributed by atoms with van der Waals surface area (Å²) in [6.45, 7) is 0.941. The van der Waals surface area contributed by atoms with Gasteiger partial charge in [-0.15, -0.1) is 0 Å². The molecule has 0 saturated heterocycles. The highest BCUT2D eigenvalue weighted by Crippen LogP contribution is 2.23. The van der Waals surface area contributed by atoms with E-state index in [-0.39, 0.29) is 0 Å². The Morgan fingerprint density at radius 3 is 3.06 bits per heavy atom. The first-order valence-electron chi connectivity index (χ1n) is 6.17. The topological polar surface area (TPSA) is 37.0 Å². The molecule has 3 heteroatoms. The third-order valence-corrected chi connectivity index (χ3v) is 3.64. The van der Waals surface area contributed by atoms with Gasteiger partial charge in [0.15, 0.2) is 0 Å². The summed E-state index contributed by atoms with van der Waals surface area (Å²) in [5.41, 5.74) is 2.55. The highest BCUT2D eigenvalue weighted by molar-refractivity contribution is 5.79. The van der Waals surface area contributed by atoms with E-state index in [0.717, 1.165) is 19.4 Å². The van der Waals surface area contributed by atoms with Crippen molar-refractivity contribution in [2.75, 3.05) is 7.11 Å². The van der Waals surface area contributed by atoms with Crippen LogP contribution in [0.1, 0.15) is 18.4 Å².